The first-order valence-corrected chi connectivity index (χ1v) is 6.74. The number of aliphatic carboxylic acids is 1. The largest absolute Gasteiger partial charge is 0.496 e. The number of methoxy groups -OCH3 is 1. The molecule has 0 unspecified atom stereocenters. The second-order valence-corrected chi connectivity index (χ2v) is 5.13. The van der Waals surface area contributed by atoms with Crippen molar-refractivity contribution in [2.45, 2.75) is 19.4 Å². The molecule has 0 bridgehead atoms. The summed E-state index contributed by atoms with van der Waals surface area (Å²) in [4.78, 5) is 22.7. The van der Waals surface area contributed by atoms with Gasteiger partial charge >= 0.3 is 5.97 Å². The highest BCUT2D eigenvalue weighted by Crippen LogP contribution is 2.26. The molecular weight excluding hydrogens is 328 g/mol. The van der Waals surface area contributed by atoms with E-state index in [-0.39, 0.29) is 31.0 Å². The van der Waals surface area contributed by atoms with Crippen molar-refractivity contribution in [3.63, 3.8) is 0 Å². The molecule has 0 aromatic heterocycles. The summed E-state index contributed by atoms with van der Waals surface area (Å²) in [5.74, 6) is -0.575. The summed E-state index contributed by atoms with van der Waals surface area (Å²) < 4.78 is 5.89. The highest BCUT2D eigenvalue weighted by Gasteiger charge is 2.24. The average molecular weight is 341 g/mol. The lowest BCUT2D eigenvalue weighted by atomic mass is 10.1. The Morgan fingerprint density at radius 3 is 2.85 bits per heavy atom. The van der Waals surface area contributed by atoms with Crippen LogP contribution in [0.25, 0.3) is 0 Å². The van der Waals surface area contributed by atoms with E-state index in [1.54, 1.807) is 19.2 Å². The number of carbonyl (C=O) groups is 2. The first-order valence-electron chi connectivity index (χ1n) is 5.95. The van der Waals surface area contributed by atoms with Crippen molar-refractivity contribution in [2.24, 2.45) is 5.10 Å². The fourth-order valence-electron chi connectivity index (χ4n) is 1.86. The molecule has 1 amide bonds. The summed E-state index contributed by atoms with van der Waals surface area (Å²) in [5, 5.41) is 14.0. The summed E-state index contributed by atoms with van der Waals surface area (Å²) in [6.07, 6.45) is 0.347. The maximum Gasteiger partial charge on any atom is 0.352 e. The molecule has 1 aromatic rings. The third-order valence-corrected chi connectivity index (χ3v) is 3.52. The Balaban J connectivity index is 2.19. The topological polar surface area (TPSA) is 79.2 Å². The molecule has 20 heavy (non-hydrogen) atoms. The van der Waals surface area contributed by atoms with Gasteiger partial charge in [-0.05, 0) is 33.6 Å². The summed E-state index contributed by atoms with van der Waals surface area (Å²) in [6.45, 7) is 0.234. The third-order valence-electron chi connectivity index (χ3n) is 2.90. The Kier molecular flexibility index (Phi) is 4.39. The van der Waals surface area contributed by atoms with Crippen molar-refractivity contribution in [1.82, 2.24) is 5.01 Å². The molecule has 7 heteroatoms. The van der Waals surface area contributed by atoms with E-state index < -0.39 is 5.97 Å². The monoisotopic (exact) mass is 340 g/mol. The summed E-state index contributed by atoms with van der Waals surface area (Å²) in [6, 6.07) is 5.40. The number of amides is 1. The molecule has 6 nitrogen and oxygen atoms in total. The molecule has 1 aliphatic rings. The van der Waals surface area contributed by atoms with E-state index >= 15 is 0 Å². The normalized spacial score (nSPS) is 15.0. The predicted octanol–water partition coefficient (Wildman–Crippen LogP) is 2.02. The maximum atomic E-state index is 11.8. The van der Waals surface area contributed by atoms with Crippen molar-refractivity contribution >= 4 is 33.5 Å². The molecule has 0 spiro atoms. The first-order chi connectivity index (χ1) is 9.51. The van der Waals surface area contributed by atoms with Crippen LogP contribution in [0.3, 0.4) is 0 Å². The van der Waals surface area contributed by atoms with Crippen LogP contribution in [0.15, 0.2) is 27.8 Å². The lowest BCUT2D eigenvalue weighted by Crippen LogP contribution is -2.33. The van der Waals surface area contributed by atoms with E-state index in [2.05, 4.69) is 21.0 Å². The molecule has 0 saturated heterocycles. The molecule has 0 aliphatic carbocycles. The number of carbonyl (C=O) groups excluding carboxylic acids is 1. The van der Waals surface area contributed by atoms with Gasteiger partial charge in [-0.15, -0.1) is 0 Å². The van der Waals surface area contributed by atoms with E-state index in [0.29, 0.717) is 5.75 Å². The van der Waals surface area contributed by atoms with Gasteiger partial charge < -0.3 is 9.84 Å². The van der Waals surface area contributed by atoms with Gasteiger partial charge in [0, 0.05) is 12.8 Å². The van der Waals surface area contributed by atoms with Gasteiger partial charge in [-0.2, -0.15) is 5.10 Å². The van der Waals surface area contributed by atoms with Crippen LogP contribution < -0.4 is 4.74 Å². The van der Waals surface area contributed by atoms with Gasteiger partial charge in [-0.1, -0.05) is 6.07 Å². The van der Waals surface area contributed by atoms with Crippen LogP contribution in [0.5, 0.6) is 5.75 Å². The molecule has 1 N–H and O–H groups in total. The minimum absolute atomic E-state index is 0.0113. The van der Waals surface area contributed by atoms with Gasteiger partial charge in [0.25, 0.3) is 0 Å². The van der Waals surface area contributed by atoms with Gasteiger partial charge in [0.05, 0.1) is 18.1 Å². The number of carboxylic acid groups (broad SMARTS) is 1. The third kappa shape index (κ3) is 3.16. The maximum absolute atomic E-state index is 11.8. The highest BCUT2D eigenvalue weighted by atomic mass is 79.9. The average Bonchev–Trinajstić information content (AvgIpc) is 2.41. The van der Waals surface area contributed by atoms with Crippen LogP contribution in [0.1, 0.15) is 18.4 Å². The molecule has 1 aromatic carbocycles. The SMILES string of the molecule is COc1ccc(CN2N=C(C(=O)O)CCC2=O)cc1Br. The molecular formula is C13H13BrN2O4. The van der Waals surface area contributed by atoms with Crippen LogP contribution in [0, 0.1) is 0 Å². The lowest BCUT2D eigenvalue weighted by Gasteiger charge is -2.22. The minimum Gasteiger partial charge on any atom is -0.496 e. The Morgan fingerprint density at radius 2 is 2.25 bits per heavy atom. The molecule has 106 valence electrons. The summed E-state index contributed by atoms with van der Waals surface area (Å²) in [5.41, 5.74) is 0.846. The van der Waals surface area contributed by atoms with Gasteiger partial charge in [-0.25, -0.2) is 9.80 Å². The van der Waals surface area contributed by atoms with Crippen LogP contribution in [0.2, 0.25) is 0 Å². The van der Waals surface area contributed by atoms with E-state index in [9.17, 15) is 9.59 Å². The fourth-order valence-corrected chi connectivity index (χ4v) is 2.45. The van der Waals surface area contributed by atoms with Crippen molar-refractivity contribution in [3.8, 4) is 5.75 Å². The predicted molar refractivity (Wildman–Crippen MR) is 75.5 cm³/mol. The fraction of sp³-hybridized carbons (Fsp3) is 0.308. The molecule has 0 radical (unpaired) electrons. The number of carboxylic acids is 1. The quantitative estimate of drug-likeness (QED) is 0.909. The number of rotatable bonds is 4. The van der Waals surface area contributed by atoms with Crippen LogP contribution in [-0.2, 0) is 16.1 Å². The van der Waals surface area contributed by atoms with E-state index in [1.807, 2.05) is 6.07 Å². The lowest BCUT2D eigenvalue weighted by molar-refractivity contribution is -0.133. The number of hydrazone groups is 1. The smallest absolute Gasteiger partial charge is 0.352 e. The van der Waals surface area contributed by atoms with Crippen molar-refractivity contribution < 1.29 is 19.4 Å². The molecule has 2 rings (SSSR count). The standard InChI is InChI=1S/C13H13BrN2O4/c1-20-11-4-2-8(6-9(11)14)7-16-12(17)5-3-10(15-16)13(18)19/h2,4,6H,3,5,7H2,1H3,(H,18,19). The Morgan fingerprint density at radius 1 is 1.50 bits per heavy atom. The highest BCUT2D eigenvalue weighted by molar-refractivity contribution is 9.10. The zero-order valence-electron chi connectivity index (χ0n) is 10.8. The van der Waals surface area contributed by atoms with E-state index in [0.717, 1.165) is 10.0 Å². The van der Waals surface area contributed by atoms with Gasteiger partial charge in [0.2, 0.25) is 5.91 Å². The summed E-state index contributed by atoms with van der Waals surface area (Å²) in [7, 11) is 1.57. The van der Waals surface area contributed by atoms with Crippen LogP contribution in [0.4, 0.5) is 0 Å². The van der Waals surface area contributed by atoms with Crippen molar-refractivity contribution in [1.29, 1.82) is 0 Å². The number of halogens is 1. The number of benzene rings is 1. The Hall–Kier alpha value is -1.89. The minimum atomic E-state index is -1.08. The van der Waals surface area contributed by atoms with Gasteiger partial charge in [0.15, 0.2) is 0 Å². The van der Waals surface area contributed by atoms with Crippen molar-refractivity contribution in [3.05, 3.63) is 28.2 Å². The molecule has 0 saturated carbocycles. The van der Waals surface area contributed by atoms with Gasteiger partial charge in [0.1, 0.15) is 11.5 Å². The molecule has 0 atom stereocenters. The molecule has 1 heterocycles. The Bertz CT molecular complexity index is 586. The summed E-state index contributed by atoms with van der Waals surface area (Å²) >= 11 is 3.36. The molecule has 1 aliphatic heterocycles. The first kappa shape index (κ1) is 14.5. The van der Waals surface area contributed by atoms with Crippen LogP contribution in [-0.4, -0.2) is 34.8 Å². The van der Waals surface area contributed by atoms with Crippen LogP contribution >= 0.6 is 15.9 Å². The van der Waals surface area contributed by atoms with Gasteiger partial charge in [-0.3, -0.25) is 4.79 Å². The second kappa shape index (κ2) is 6.04. The molecule has 0 fully saturated rings. The number of hydrogen-bond donors (Lipinski definition) is 1. The second-order valence-electron chi connectivity index (χ2n) is 4.27. The van der Waals surface area contributed by atoms with E-state index in [1.165, 1.54) is 5.01 Å². The number of ether oxygens (including phenoxy) is 1. The zero-order valence-corrected chi connectivity index (χ0v) is 12.4. The van der Waals surface area contributed by atoms with E-state index in [4.69, 9.17) is 9.84 Å². The van der Waals surface area contributed by atoms with Crippen molar-refractivity contribution in [2.75, 3.05) is 7.11 Å². The number of hydrogen-bond acceptors (Lipinski definition) is 4. The zero-order chi connectivity index (χ0) is 14.7. The number of nitrogens with zero attached hydrogens (tertiary/aromatic N) is 2. The Labute approximate surface area is 124 Å².